The van der Waals surface area contributed by atoms with Crippen LogP contribution in [0.25, 0.3) is 0 Å². The smallest absolute Gasteiger partial charge is 0.0346 e. The maximum atomic E-state index is 3.57. The van der Waals surface area contributed by atoms with Crippen molar-refractivity contribution < 1.29 is 0 Å². The summed E-state index contributed by atoms with van der Waals surface area (Å²) in [6.45, 7) is 2.24. The third kappa shape index (κ3) is 3.35. The summed E-state index contributed by atoms with van der Waals surface area (Å²) in [4.78, 5) is 0. The van der Waals surface area contributed by atoms with Crippen molar-refractivity contribution in [1.82, 2.24) is 5.32 Å². The molecule has 0 saturated heterocycles. The quantitative estimate of drug-likeness (QED) is 0.771. The van der Waals surface area contributed by atoms with Gasteiger partial charge in [-0.1, -0.05) is 56.9 Å². The minimum atomic E-state index is 0.551. The highest BCUT2D eigenvalue weighted by molar-refractivity contribution is 5.26. The molecule has 1 heteroatoms. The Labute approximate surface area is 112 Å². The van der Waals surface area contributed by atoms with E-state index in [1.165, 1.54) is 49.7 Å². The summed E-state index contributed by atoms with van der Waals surface area (Å²) in [5.41, 5.74) is 2.95. The summed E-state index contributed by atoms with van der Waals surface area (Å²) in [6, 6.07) is 9.70. The number of hydrogen-bond acceptors (Lipinski definition) is 1. The normalized spacial score (nSPS) is 19.4. The Balaban J connectivity index is 2.15. The molecule has 0 radical (unpaired) electrons. The molecule has 2 rings (SSSR count). The molecular formula is C17H27N. The van der Waals surface area contributed by atoms with Crippen LogP contribution in [0.4, 0.5) is 0 Å². The van der Waals surface area contributed by atoms with Crippen LogP contribution in [0.5, 0.6) is 0 Å². The highest BCUT2D eigenvalue weighted by Gasteiger charge is 2.22. The molecule has 0 bridgehead atoms. The maximum absolute atomic E-state index is 3.57. The Morgan fingerprint density at radius 3 is 2.50 bits per heavy atom. The third-order valence-corrected chi connectivity index (χ3v) is 4.40. The van der Waals surface area contributed by atoms with Gasteiger partial charge in [0.2, 0.25) is 0 Å². The lowest BCUT2D eigenvalue weighted by molar-refractivity contribution is 0.341. The largest absolute Gasteiger partial charge is 0.313 e. The van der Waals surface area contributed by atoms with E-state index in [9.17, 15) is 0 Å². The van der Waals surface area contributed by atoms with E-state index >= 15 is 0 Å². The van der Waals surface area contributed by atoms with Crippen LogP contribution in [0.1, 0.15) is 62.6 Å². The van der Waals surface area contributed by atoms with Crippen LogP contribution in [0.2, 0.25) is 0 Å². The van der Waals surface area contributed by atoms with Gasteiger partial charge in [0, 0.05) is 6.04 Å². The fourth-order valence-corrected chi connectivity index (χ4v) is 3.33. The monoisotopic (exact) mass is 245 g/mol. The molecule has 0 spiro atoms. The molecule has 100 valence electrons. The molecule has 0 amide bonds. The Morgan fingerprint density at radius 1 is 1.17 bits per heavy atom. The molecule has 1 unspecified atom stereocenters. The predicted octanol–water partition coefficient (Wildman–Crippen LogP) is 4.48. The molecule has 18 heavy (non-hydrogen) atoms. The van der Waals surface area contributed by atoms with Crippen molar-refractivity contribution in [3.05, 3.63) is 35.4 Å². The van der Waals surface area contributed by atoms with Crippen LogP contribution in [0, 0.1) is 5.92 Å². The van der Waals surface area contributed by atoms with E-state index < -0.39 is 0 Å². The van der Waals surface area contributed by atoms with E-state index in [0.29, 0.717) is 6.04 Å². The van der Waals surface area contributed by atoms with E-state index in [2.05, 4.69) is 43.6 Å². The van der Waals surface area contributed by atoms with Gasteiger partial charge in [0.15, 0.2) is 0 Å². The molecule has 0 heterocycles. The van der Waals surface area contributed by atoms with Gasteiger partial charge in [0.1, 0.15) is 0 Å². The van der Waals surface area contributed by atoms with Gasteiger partial charge < -0.3 is 5.32 Å². The molecule has 1 aromatic rings. The van der Waals surface area contributed by atoms with Crippen LogP contribution in [-0.4, -0.2) is 7.05 Å². The van der Waals surface area contributed by atoms with E-state index in [1.807, 2.05) is 0 Å². The standard InChI is InChI=1S/C17H27N/c1-3-14-9-8-12-16(13-14)17(18-2)15-10-6-4-5-7-11-15/h8-9,12-13,15,17-18H,3-7,10-11H2,1-2H3. The fourth-order valence-electron chi connectivity index (χ4n) is 3.33. The first kappa shape index (κ1) is 13.6. The summed E-state index contributed by atoms with van der Waals surface area (Å²) in [6.07, 6.45) is 9.61. The second-order valence-corrected chi connectivity index (χ2v) is 5.62. The Bertz CT molecular complexity index is 350. The van der Waals surface area contributed by atoms with Gasteiger partial charge in [0.25, 0.3) is 0 Å². The van der Waals surface area contributed by atoms with Gasteiger partial charge in [0.05, 0.1) is 0 Å². The van der Waals surface area contributed by atoms with Crippen molar-refractivity contribution in [1.29, 1.82) is 0 Å². The average molecular weight is 245 g/mol. The highest BCUT2D eigenvalue weighted by atomic mass is 14.9. The molecule has 1 atom stereocenters. The molecule has 1 aliphatic carbocycles. The van der Waals surface area contributed by atoms with Crippen molar-refractivity contribution in [2.45, 2.75) is 57.9 Å². The highest BCUT2D eigenvalue weighted by Crippen LogP contribution is 2.33. The number of rotatable bonds is 4. The second-order valence-electron chi connectivity index (χ2n) is 5.62. The number of benzene rings is 1. The lowest BCUT2D eigenvalue weighted by Gasteiger charge is -2.26. The van der Waals surface area contributed by atoms with Crippen LogP contribution >= 0.6 is 0 Å². The molecule has 0 aromatic heterocycles. The van der Waals surface area contributed by atoms with Crippen molar-refractivity contribution >= 4 is 0 Å². The van der Waals surface area contributed by atoms with Gasteiger partial charge >= 0.3 is 0 Å². The third-order valence-electron chi connectivity index (χ3n) is 4.40. The first-order valence-electron chi connectivity index (χ1n) is 7.61. The number of hydrogen-bond donors (Lipinski definition) is 1. The summed E-state index contributed by atoms with van der Waals surface area (Å²) in [5, 5.41) is 3.57. The molecule has 1 fully saturated rings. The zero-order valence-corrected chi connectivity index (χ0v) is 11.9. The van der Waals surface area contributed by atoms with E-state index in [1.54, 1.807) is 0 Å². The molecular weight excluding hydrogens is 218 g/mol. The molecule has 1 nitrogen and oxygen atoms in total. The van der Waals surface area contributed by atoms with Crippen LogP contribution in [0.3, 0.4) is 0 Å². The molecule has 1 saturated carbocycles. The van der Waals surface area contributed by atoms with Crippen molar-refractivity contribution in [3.8, 4) is 0 Å². The fraction of sp³-hybridized carbons (Fsp3) is 0.647. The minimum Gasteiger partial charge on any atom is -0.313 e. The average Bonchev–Trinajstić information content (AvgIpc) is 2.69. The van der Waals surface area contributed by atoms with Gasteiger partial charge in [-0.15, -0.1) is 0 Å². The summed E-state index contributed by atoms with van der Waals surface area (Å²) in [5.74, 6) is 0.824. The Hall–Kier alpha value is -0.820. The van der Waals surface area contributed by atoms with Gasteiger partial charge in [-0.2, -0.15) is 0 Å². The zero-order chi connectivity index (χ0) is 12.8. The van der Waals surface area contributed by atoms with Crippen LogP contribution < -0.4 is 5.32 Å². The van der Waals surface area contributed by atoms with Crippen molar-refractivity contribution in [3.63, 3.8) is 0 Å². The van der Waals surface area contributed by atoms with E-state index in [-0.39, 0.29) is 0 Å². The summed E-state index contributed by atoms with van der Waals surface area (Å²) in [7, 11) is 2.12. The summed E-state index contributed by atoms with van der Waals surface area (Å²) < 4.78 is 0. The van der Waals surface area contributed by atoms with E-state index in [4.69, 9.17) is 0 Å². The molecule has 1 aromatic carbocycles. The first-order valence-corrected chi connectivity index (χ1v) is 7.61. The number of nitrogens with one attached hydrogen (secondary N) is 1. The van der Waals surface area contributed by atoms with Gasteiger partial charge in [-0.25, -0.2) is 0 Å². The summed E-state index contributed by atoms with van der Waals surface area (Å²) >= 11 is 0. The minimum absolute atomic E-state index is 0.551. The molecule has 0 aliphatic heterocycles. The molecule has 1 N–H and O–H groups in total. The maximum Gasteiger partial charge on any atom is 0.0346 e. The van der Waals surface area contributed by atoms with Crippen molar-refractivity contribution in [2.75, 3.05) is 7.05 Å². The topological polar surface area (TPSA) is 12.0 Å². The lowest BCUT2D eigenvalue weighted by atomic mass is 9.86. The first-order chi connectivity index (χ1) is 8.85. The zero-order valence-electron chi connectivity index (χ0n) is 11.9. The molecule has 1 aliphatic rings. The predicted molar refractivity (Wildman–Crippen MR) is 78.8 cm³/mol. The SMILES string of the molecule is CCc1cccc(C(NC)C2CCCCCC2)c1. The van der Waals surface area contributed by atoms with Crippen LogP contribution in [0.15, 0.2) is 24.3 Å². The van der Waals surface area contributed by atoms with Gasteiger partial charge in [-0.05, 0) is 43.4 Å². The van der Waals surface area contributed by atoms with Gasteiger partial charge in [-0.3, -0.25) is 0 Å². The Morgan fingerprint density at radius 2 is 1.89 bits per heavy atom. The lowest BCUT2D eigenvalue weighted by Crippen LogP contribution is -2.25. The Kier molecular flexibility index (Phi) is 5.25. The second kappa shape index (κ2) is 6.94. The van der Waals surface area contributed by atoms with E-state index in [0.717, 1.165) is 12.3 Å². The number of aryl methyl sites for hydroxylation is 1. The van der Waals surface area contributed by atoms with Crippen molar-refractivity contribution in [2.24, 2.45) is 5.92 Å². The van der Waals surface area contributed by atoms with Crippen LogP contribution in [-0.2, 0) is 6.42 Å².